The molecule has 0 aliphatic carbocycles. The number of hydrogen-bond acceptors (Lipinski definition) is 3. The quantitative estimate of drug-likeness (QED) is 0.856. The summed E-state index contributed by atoms with van der Waals surface area (Å²) in [5.41, 5.74) is 0.991. The first-order chi connectivity index (χ1) is 9.06. The molecule has 0 radical (unpaired) electrons. The first-order valence-corrected chi connectivity index (χ1v) is 7.04. The molecule has 1 aliphatic rings. The Labute approximate surface area is 120 Å². The van der Waals surface area contributed by atoms with Crippen molar-refractivity contribution in [2.24, 2.45) is 0 Å². The standard InChI is InChI=1S/C14H16BrNO3/c1-10-2-3-11(15)8-13(10)19-9-14(18)16-6-4-12(17)5-7-16/h2-3,8H,4-7,9H2,1H3. The summed E-state index contributed by atoms with van der Waals surface area (Å²) in [6, 6.07) is 5.71. The minimum atomic E-state index is -0.0631. The number of likely N-dealkylation sites (tertiary alicyclic amines) is 1. The summed E-state index contributed by atoms with van der Waals surface area (Å²) in [7, 11) is 0. The van der Waals surface area contributed by atoms with Crippen molar-refractivity contribution in [2.45, 2.75) is 19.8 Å². The SMILES string of the molecule is Cc1ccc(Br)cc1OCC(=O)N1CCC(=O)CC1. The molecule has 4 nitrogen and oxygen atoms in total. The van der Waals surface area contributed by atoms with Crippen LogP contribution in [0.25, 0.3) is 0 Å². The van der Waals surface area contributed by atoms with Crippen LogP contribution in [0.15, 0.2) is 22.7 Å². The number of piperidine rings is 1. The van der Waals surface area contributed by atoms with Crippen molar-refractivity contribution in [3.8, 4) is 5.75 Å². The van der Waals surface area contributed by atoms with Gasteiger partial charge in [0.2, 0.25) is 0 Å². The normalized spacial score (nSPS) is 15.5. The molecule has 1 aliphatic heterocycles. The summed E-state index contributed by atoms with van der Waals surface area (Å²) >= 11 is 3.37. The molecule has 0 unspecified atom stereocenters. The Morgan fingerprint density at radius 1 is 1.37 bits per heavy atom. The predicted octanol–water partition coefficient (Wildman–Crippen LogP) is 2.33. The van der Waals surface area contributed by atoms with Crippen molar-refractivity contribution in [2.75, 3.05) is 19.7 Å². The van der Waals surface area contributed by atoms with E-state index in [2.05, 4.69) is 15.9 Å². The average molecular weight is 326 g/mol. The largest absolute Gasteiger partial charge is 0.483 e. The number of benzene rings is 1. The van der Waals surface area contributed by atoms with Crippen LogP contribution in [0.4, 0.5) is 0 Å². The molecule has 102 valence electrons. The number of ether oxygens (including phenoxy) is 1. The van der Waals surface area contributed by atoms with E-state index in [1.165, 1.54) is 0 Å². The number of hydrogen-bond donors (Lipinski definition) is 0. The molecule has 0 bridgehead atoms. The fraction of sp³-hybridized carbons (Fsp3) is 0.429. The van der Waals surface area contributed by atoms with E-state index in [4.69, 9.17) is 4.74 Å². The summed E-state index contributed by atoms with van der Waals surface area (Å²) in [5, 5.41) is 0. The Kier molecular flexibility index (Phi) is 4.58. The van der Waals surface area contributed by atoms with Crippen LogP contribution in [0, 0.1) is 6.92 Å². The van der Waals surface area contributed by atoms with Crippen molar-refractivity contribution in [1.29, 1.82) is 0 Å². The lowest BCUT2D eigenvalue weighted by Crippen LogP contribution is -2.41. The molecule has 0 aromatic heterocycles. The Balaban J connectivity index is 1.89. The third kappa shape index (κ3) is 3.80. The van der Waals surface area contributed by atoms with Crippen molar-refractivity contribution < 1.29 is 14.3 Å². The molecule has 1 fully saturated rings. The summed E-state index contributed by atoms with van der Waals surface area (Å²) < 4.78 is 6.47. The van der Waals surface area contributed by atoms with Gasteiger partial charge in [-0.05, 0) is 24.6 Å². The van der Waals surface area contributed by atoms with E-state index in [1.54, 1.807) is 4.90 Å². The molecule has 1 aromatic rings. The molecule has 19 heavy (non-hydrogen) atoms. The number of nitrogens with zero attached hydrogens (tertiary/aromatic N) is 1. The molecule has 5 heteroatoms. The van der Waals surface area contributed by atoms with Gasteiger partial charge in [-0.15, -0.1) is 0 Å². The van der Waals surface area contributed by atoms with Crippen LogP contribution in [0.5, 0.6) is 5.75 Å². The summed E-state index contributed by atoms with van der Waals surface area (Å²) in [4.78, 5) is 24.8. The second kappa shape index (κ2) is 6.19. The highest BCUT2D eigenvalue weighted by molar-refractivity contribution is 9.10. The zero-order chi connectivity index (χ0) is 13.8. The van der Waals surface area contributed by atoms with Crippen LogP contribution in [-0.4, -0.2) is 36.3 Å². The fourth-order valence-electron chi connectivity index (χ4n) is 1.97. The topological polar surface area (TPSA) is 46.6 Å². The van der Waals surface area contributed by atoms with Crippen molar-refractivity contribution in [1.82, 2.24) is 4.90 Å². The van der Waals surface area contributed by atoms with Gasteiger partial charge in [-0.2, -0.15) is 0 Å². The third-order valence-corrected chi connectivity index (χ3v) is 3.67. The van der Waals surface area contributed by atoms with E-state index in [0.717, 1.165) is 10.0 Å². The number of carbonyl (C=O) groups excluding carboxylic acids is 2. The second-order valence-electron chi connectivity index (χ2n) is 4.62. The van der Waals surface area contributed by atoms with Crippen molar-refractivity contribution in [3.63, 3.8) is 0 Å². The molecular weight excluding hydrogens is 310 g/mol. The predicted molar refractivity (Wildman–Crippen MR) is 75.2 cm³/mol. The lowest BCUT2D eigenvalue weighted by atomic mass is 10.1. The Morgan fingerprint density at radius 2 is 2.05 bits per heavy atom. The van der Waals surface area contributed by atoms with E-state index >= 15 is 0 Å². The van der Waals surface area contributed by atoms with Crippen LogP contribution < -0.4 is 4.74 Å². The van der Waals surface area contributed by atoms with Gasteiger partial charge in [0.25, 0.3) is 5.91 Å². The van der Waals surface area contributed by atoms with Crippen LogP contribution in [-0.2, 0) is 9.59 Å². The second-order valence-corrected chi connectivity index (χ2v) is 5.53. The lowest BCUT2D eigenvalue weighted by molar-refractivity contribution is -0.136. The molecule has 0 spiro atoms. The van der Waals surface area contributed by atoms with Gasteiger partial charge < -0.3 is 9.64 Å². The minimum Gasteiger partial charge on any atom is -0.483 e. The molecule has 2 rings (SSSR count). The van der Waals surface area contributed by atoms with Gasteiger partial charge in [0.15, 0.2) is 6.61 Å². The number of carbonyl (C=O) groups is 2. The van der Waals surface area contributed by atoms with Crippen molar-refractivity contribution >= 4 is 27.6 Å². The van der Waals surface area contributed by atoms with E-state index in [1.807, 2.05) is 25.1 Å². The lowest BCUT2D eigenvalue weighted by Gasteiger charge is -2.26. The van der Waals surface area contributed by atoms with Crippen LogP contribution >= 0.6 is 15.9 Å². The maximum absolute atomic E-state index is 12.0. The Hall–Kier alpha value is -1.36. The van der Waals surface area contributed by atoms with Crippen LogP contribution in [0.3, 0.4) is 0 Å². The number of ketones is 1. The third-order valence-electron chi connectivity index (χ3n) is 3.18. The Morgan fingerprint density at radius 3 is 2.74 bits per heavy atom. The zero-order valence-electron chi connectivity index (χ0n) is 10.8. The maximum atomic E-state index is 12.0. The molecule has 0 N–H and O–H groups in total. The van der Waals surface area contributed by atoms with Crippen molar-refractivity contribution in [3.05, 3.63) is 28.2 Å². The number of halogens is 1. The van der Waals surface area contributed by atoms with Gasteiger partial charge in [0.1, 0.15) is 11.5 Å². The highest BCUT2D eigenvalue weighted by atomic mass is 79.9. The van der Waals surface area contributed by atoms with E-state index in [0.29, 0.717) is 31.7 Å². The van der Waals surface area contributed by atoms with Gasteiger partial charge in [0.05, 0.1) is 0 Å². The van der Waals surface area contributed by atoms with Crippen LogP contribution in [0.1, 0.15) is 18.4 Å². The van der Waals surface area contributed by atoms with Gasteiger partial charge in [-0.25, -0.2) is 0 Å². The summed E-state index contributed by atoms with van der Waals surface area (Å²) in [6.45, 7) is 2.98. The number of Topliss-reactive ketones (excluding diaryl/α,β-unsaturated/α-hetero) is 1. The molecule has 1 saturated heterocycles. The number of aryl methyl sites for hydroxylation is 1. The summed E-state index contributed by atoms with van der Waals surface area (Å²) in [5.74, 6) is 0.871. The minimum absolute atomic E-state index is 0.0193. The van der Waals surface area contributed by atoms with Gasteiger partial charge >= 0.3 is 0 Å². The van der Waals surface area contributed by atoms with E-state index in [9.17, 15) is 9.59 Å². The Bertz CT molecular complexity index is 491. The van der Waals surface area contributed by atoms with E-state index < -0.39 is 0 Å². The molecule has 0 saturated carbocycles. The highest BCUT2D eigenvalue weighted by Crippen LogP contribution is 2.23. The zero-order valence-corrected chi connectivity index (χ0v) is 12.4. The van der Waals surface area contributed by atoms with Gasteiger partial charge in [-0.3, -0.25) is 9.59 Å². The van der Waals surface area contributed by atoms with E-state index in [-0.39, 0.29) is 18.3 Å². The van der Waals surface area contributed by atoms with Gasteiger partial charge in [0, 0.05) is 30.4 Å². The first kappa shape index (κ1) is 14.1. The van der Waals surface area contributed by atoms with Crippen LogP contribution in [0.2, 0.25) is 0 Å². The molecular formula is C14H16BrNO3. The smallest absolute Gasteiger partial charge is 0.260 e. The molecule has 0 atom stereocenters. The molecule has 1 heterocycles. The maximum Gasteiger partial charge on any atom is 0.260 e. The number of amides is 1. The fourth-order valence-corrected chi connectivity index (χ4v) is 2.31. The first-order valence-electron chi connectivity index (χ1n) is 6.24. The summed E-state index contributed by atoms with van der Waals surface area (Å²) in [6.07, 6.45) is 0.920. The number of rotatable bonds is 3. The highest BCUT2D eigenvalue weighted by Gasteiger charge is 2.21. The molecule has 1 amide bonds. The monoisotopic (exact) mass is 325 g/mol. The van der Waals surface area contributed by atoms with Gasteiger partial charge in [-0.1, -0.05) is 22.0 Å². The molecule has 1 aromatic carbocycles. The average Bonchev–Trinajstić information content (AvgIpc) is 2.40.